The number of anilines is 1. The number of hydrogen-bond donors (Lipinski definition) is 3. The van der Waals surface area contributed by atoms with Crippen LogP contribution in [0.4, 0.5) is 5.69 Å². The van der Waals surface area contributed by atoms with Crippen LogP contribution >= 0.6 is 12.4 Å². The van der Waals surface area contributed by atoms with Gasteiger partial charge in [-0.25, -0.2) is 13.1 Å². The molecule has 8 heteroatoms. The van der Waals surface area contributed by atoms with Crippen LogP contribution in [0.3, 0.4) is 0 Å². The summed E-state index contributed by atoms with van der Waals surface area (Å²) in [5.41, 5.74) is 5.64. The second kappa shape index (κ2) is 8.47. The van der Waals surface area contributed by atoms with Gasteiger partial charge in [0.05, 0.1) is 4.90 Å². The molecule has 0 aliphatic rings. The Kier molecular flexibility index (Phi) is 8.03. The van der Waals surface area contributed by atoms with Crippen molar-refractivity contribution in [3.05, 3.63) is 24.3 Å². The Morgan fingerprint density at radius 2 is 1.68 bits per heavy atom. The lowest BCUT2D eigenvalue weighted by molar-refractivity contribution is -0.114. The Bertz CT molecular complexity index is 576. The molecule has 6 nitrogen and oxygen atoms in total. The minimum Gasteiger partial charge on any atom is -0.329 e. The van der Waals surface area contributed by atoms with Gasteiger partial charge in [0.1, 0.15) is 0 Å². The van der Waals surface area contributed by atoms with Crippen molar-refractivity contribution in [2.45, 2.75) is 44.0 Å². The molecule has 0 aliphatic heterocycles. The van der Waals surface area contributed by atoms with Gasteiger partial charge < -0.3 is 11.1 Å². The number of benzene rings is 1. The quantitative estimate of drug-likeness (QED) is 0.699. The van der Waals surface area contributed by atoms with Crippen LogP contribution in [0.1, 0.15) is 33.6 Å². The van der Waals surface area contributed by atoms with E-state index in [0.29, 0.717) is 18.5 Å². The SMILES string of the molecule is CCC(CC)(CN)NS(=O)(=O)c1ccc(NC(C)=O)cc1.Cl. The lowest BCUT2D eigenvalue weighted by Gasteiger charge is -2.31. The average molecular weight is 350 g/mol. The highest BCUT2D eigenvalue weighted by atomic mass is 35.5. The van der Waals surface area contributed by atoms with Crippen LogP contribution < -0.4 is 15.8 Å². The molecule has 1 amide bonds. The topological polar surface area (TPSA) is 101 Å². The number of carbonyl (C=O) groups is 1. The third-order valence-electron chi connectivity index (χ3n) is 3.58. The van der Waals surface area contributed by atoms with Gasteiger partial charge in [0, 0.05) is 24.7 Å². The van der Waals surface area contributed by atoms with E-state index in [-0.39, 0.29) is 29.8 Å². The van der Waals surface area contributed by atoms with Gasteiger partial charge in [0.2, 0.25) is 15.9 Å². The second-order valence-corrected chi connectivity index (χ2v) is 6.69. The Hall–Kier alpha value is -1.15. The number of sulfonamides is 1. The standard InChI is InChI=1S/C14H23N3O3S.ClH/c1-4-14(5-2,10-15)17-21(19,20)13-8-6-12(7-9-13)16-11(3)18;/h6-9,17H,4-5,10,15H2,1-3H3,(H,16,18);1H. The molecule has 0 aliphatic carbocycles. The van der Waals surface area contributed by atoms with Crippen molar-refractivity contribution in [3.8, 4) is 0 Å². The molecule has 1 aromatic carbocycles. The molecule has 0 bridgehead atoms. The molecule has 0 unspecified atom stereocenters. The van der Waals surface area contributed by atoms with Crippen LogP contribution in [0, 0.1) is 0 Å². The van der Waals surface area contributed by atoms with Gasteiger partial charge in [-0.2, -0.15) is 0 Å². The summed E-state index contributed by atoms with van der Waals surface area (Å²) in [7, 11) is -3.64. The number of nitrogens with one attached hydrogen (secondary N) is 2. The zero-order valence-electron chi connectivity index (χ0n) is 13.0. The Morgan fingerprint density at radius 3 is 2.05 bits per heavy atom. The van der Waals surface area contributed by atoms with Crippen LogP contribution in [0.25, 0.3) is 0 Å². The first-order valence-electron chi connectivity index (χ1n) is 6.90. The van der Waals surface area contributed by atoms with E-state index < -0.39 is 15.6 Å². The van der Waals surface area contributed by atoms with Gasteiger partial charge in [-0.1, -0.05) is 13.8 Å². The zero-order chi connectivity index (χ0) is 16.1. The van der Waals surface area contributed by atoms with E-state index >= 15 is 0 Å². The highest BCUT2D eigenvalue weighted by molar-refractivity contribution is 7.89. The van der Waals surface area contributed by atoms with E-state index in [4.69, 9.17) is 5.73 Å². The van der Waals surface area contributed by atoms with E-state index in [0.717, 1.165) is 0 Å². The van der Waals surface area contributed by atoms with Crippen molar-refractivity contribution in [1.29, 1.82) is 0 Å². The zero-order valence-corrected chi connectivity index (χ0v) is 14.7. The van der Waals surface area contributed by atoms with Gasteiger partial charge >= 0.3 is 0 Å². The molecule has 0 aromatic heterocycles. The van der Waals surface area contributed by atoms with E-state index in [9.17, 15) is 13.2 Å². The Balaban J connectivity index is 0.00000441. The van der Waals surface area contributed by atoms with Gasteiger partial charge in [0.15, 0.2) is 0 Å². The molecule has 126 valence electrons. The fraction of sp³-hybridized carbons (Fsp3) is 0.500. The summed E-state index contributed by atoms with van der Waals surface area (Å²) in [6.45, 7) is 5.44. The van der Waals surface area contributed by atoms with Crippen LogP contribution in [0.15, 0.2) is 29.2 Å². The highest BCUT2D eigenvalue weighted by Crippen LogP contribution is 2.20. The molecule has 4 N–H and O–H groups in total. The largest absolute Gasteiger partial charge is 0.329 e. The van der Waals surface area contributed by atoms with Crippen molar-refractivity contribution >= 4 is 34.0 Å². The molecule has 1 aromatic rings. The average Bonchev–Trinajstić information content (AvgIpc) is 2.45. The molecular formula is C14H24ClN3O3S. The van der Waals surface area contributed by atoms with Crippen molar-refractivity contribution in [1.82, 2.24) is 4.72 Å². The van der Waals surface area contributed by atoms with Gasteiger partial charge in [-0.15, -0.1) is 12.4 Å². The number of nitrogens with two attached hydrogens (primary N) is 1. The fourth-order valence-electron chi connectivity index (χ4n) is 1.99. The van der Waals surface area contributed by atoms with E-state index in [1.807, 2.05) is 13.8 Å². The van der Waals surface area contributed by atoms with E-state index in [2.05, 4.69) is 10.0 Å². The van der Waals surface area contributed by atoms with E-state index in [1.165, 1.54) is 19.1 Å². The molecule has 0 radical (unpaired) electrons. The molecule has 0 saturated carbocycles. The van der Waals surface area contributed by atoms with Crippen LogP contribution in [0.2, 0.25) is 0 Å². The minimum absolute atomic E-state index is 0. The summed E-state index contributed by atoms with van der Waals surface area (Å²) in [5, 5.41) is 2.59. The van der Waals surface area contributed by atoms with E-state index in [1.54, 1.807) is 12.1 Å². The predicted octanol–water partition coefficient (Wildman–Crippen LogP) is 1.86. The van der Waals surface area contributed by atoms with Gasteiger partial charge in [-0.05, 0) is 37.1 Å². The maximum absolute atomic E-state index is 12.4. The molecule has 0 spiro atoms. The number of rotatable bonds is 7. The number of carbonyl (C=O) groups excluding carboxylic acids is 1. The second-order valence-electron chi connectivity index (χ2n) is 5.00. The summed E-state index contributed by atoms with van der Waals surface area (Å²) in [6.07, 6.45) is 1.23. The van der Waals surface area contributed by atoms with Crippen molar-refractivity contribution in [2.75, 3.05) is 11.9 Å². The monoisotopic (exact) mass is 349 g/mol. The summed E-state index contributed by atoms with van der Waals surface area (Å²) in [5.74, 6) is -0.206. The first-order chi connectivity index (χ1) is 9.78. The lowest BCUT2D eigenvalue weighted by Crippen LogP contribution is -2.52. The first-order valence-corrected chi connectivity index (χ1v) is 8.38. The Labute approximate surface area is 138 Å². The number of amides is 1. The molecular weight excluding hydrogens is 326 g/mol. The minimum atomic E-state index is -3.64. The maximum atomic E-state index is 12.4. The number of halogens is 1. The summed E-state index contributed by atoms with van der Waals surface area (Å²) in [6, 6.07) is 6.02. The van der Waals surface area contributed by atoms with Gasteiger partial charge in [-0.3, -0.25) is 4.79 Å². The Morgan fingerprint density at radius 1 is 1.18 bits per heavy atom. The fourth-order valence-corrected chi connectivity index (χ4v) is 3.54. The summed E-state index contributed by atoms with van der Waals surface area (Å²) < 4.78 is 27.5. The molecule has 1 rings (SSSR count). The van der Waals surface area contributed by atoms with Crippen molar-refractivity contribution in [3.63, 3.8) is 0 Å². The van der Waals surface area contributed by atoms with Crippen LogP contribution in [-0.2, 0) is 14.8 Å². The molecule has 0 atom stereocenters. The normalized spacial score (nSPS) is 11.6. The predicted molar refractivity (Wildman–Crippen MR) is 90.7 cm³/mol. The third kappa shape index (κ3) is 5.24. The maximum Gasteiger partial charge on any atom is 0.241 e. The molecule has 0 fully saturated rings. The van der Waals surface area contributed by atoms with Gasteiger partial charge in [0.25, 0.3) is 0 Å². The molecule has 0 saturated heterocycles. The first kappa shape index (κ1) is 20.9. The highest BCUT2D eigenvalue weighted by Gasteiger charge is 2.30. The summed E-state index contributed by atoms with van der Waals surface area (Å²) >= 11 is 0. The lowest BCUT2D eigenvalue weighted by atomic mass is 9.95. The molecule has 0 heterocycles. The number of hydrogen-bond acceptors (Lipinski definition) is 4. The molecule has 22 heavy (non-hydrogen) atoms. The van der Waals surface area contributed by atoms with Crippen LogP contribution in [0.5, 0.6) is 0 Å². The van der Waals surface area contributed by atoms with Crippen molar-refractivity contribution in [2.24, 2.45) is 5.73 Å². The van der Waals surface area contributed by atoms with Crippen molar-refractivity contribution < 1.29 is 13.2 Å². The van der Waals surface area contributed by atoms with Crippen LogP contribution in [-0.4, -0.2) is 26.4 Å². The third-order valence-corrected chi connectivity index (χ3v) is 5.17. The smallest absolute Gasteiger partial charge is 0.241 e. The summed E-state index contributed by atoms with van der Waals surface area (Å²) in [4.78, 5) is 11.1.